The van der Waals surface area contributed by atoms with Crippen LogP contribution in [0.5, 0.6) is 0 Å². The second-order valence-electron chi connectivity index (χ2n) is 8.96. The van der Waals surface area contributed by atoms with Crippen LogP contribution < -0.4 is 21.3 Å². The van der Waals surface area contributed by atoms with Crippen molar-refractivity contribution in [3.63, 3.8) is 0 Å². The summed E-state index contributed by atoms with van der Waals surface area (Å²) in [5.41, 5.74) is 0.832. The van der Waals surface area contributed by atoms with Gasteiger partial charge in [-0.3, -0.25) is 19.4 Å². The molecule has 196 valence electrons. The van der Waals surface area contributed by atoms with Gasteiger partial charge in [0, 0.05) is 45.1 Å². The van der Waals surface area contributed by atoms with Crippen LogP contribution >= 0.6 is 0 Å². The van der Waals surface area contributed by atoms with Crippen molar-refractivity contribution in [2.45, 2.75) is 45.3 Å². The molecule has 2 heterocycles. The maximum Gasteiger partial charge on any atom is 0.408 e. The number of piperidine rings is 1. The van der Waals surface area contributed by atoms with Crippen molar-refractivity contribution < 1.29 is 23.9 Å². The summed E-state index contributed by atoms with van der Waals surface area (Å²) in [4.78, 5) is 55.2. The van der Waals surface area contributed by atoms with Crippen LogP contribution in [0.25, 0.3) is 0 Å². The molecule has 1 fully saturated rings. The first-order chi connectivity index (χ1) is 17.4. The number of alkyl carbamates (subject to hydrolysis) is 1. The van der Waals surface area contributed by atoms with Gasteiger partial charge >= 0.3 is 6.09 Å². The van der Waals surface area contributed by atoms with E-state index in [1.54, 1.807) is 4.90 Å². The molecule has 1 aromatic rings. The van der Waals surface area contributed by atoms with Crippen LogP contribution in [0.2, 0.25) is 0 Å². The topological polar surface area (TPSA) is 141 Å². The monoisotopic (exact) mass is 500 g/mol. The Morgan fingerprint density at radius 2 is 1.92 bits per heavy atom. The number of Topliss-reactive ketones (excluding diaryl/α,β-unsaturated/α-hetero) is 1. The number of nitrogens with zero attached hydrogens (tertiary/aromatic N) is 2. The van der Waals surface area contributed by atoms with Crippen LogP contribution in [0.4, 0.5) is 4.79 Å². The van der Waals surface area contributed by atoms with Crippen LogP contribution in [-0.4, -0.2) is 79.9 Å². The number of guanidine groups is 1. The Kier molecular flexibility index (Phi) is 10.5. The fourth-order valence-corrected chi connectivity index (χ4v) is 4.06. The number of amides is 3. The van der Waals surface area contributed by atoms with Gasteiger partial charge in [-0.15, -0.1) is 0 Å². The number of nitrogens with one attached hydrogen (secondary N) is 4. The highest BCUT2D eigenvalue weighted by molar-refractivity contribution is 5.87. The van der Waals surface area contributed by atoms with Crippen molar-refractivity contribution in [1.82, 2.24) is 26.2 Å². The molecule has 1 aromatic carbocycles. The molecule has 1 atom stereocenters. The summed E-state index contributed by atoms with van der Waals surface area (Å²) in [6.45, 7) is 4.78. The molecule has 1 saturated heterocycles. The molecule has 0 radical (unpaired) electrons. The van der Waals surface area contributed by atoms with E-state index >= 15 is 0 Å². The van der Waals surface area contributed by atoms with E-state index in [9.17, 15) is 19.2 Å². The van der Waals surface area contributed by atoms with E-state index in [1.165, 1.54) is 6.92 Å². The third kappa shape index (κ3) is 8.86. The van der Waals surface area contributed by atoms with Crippen LogP contribution in [0.1, 0.15) is 38.2 Å². The molecule has 0 unspecified atom stereocenters. The molecule has 3 amide bonds. The first-order valence-electron chi connectivity index (χ1n) is 12.5. The largest absolute Gasteiger partial charge is 0.445 e. The number of hydrogen-bond acceptors (Lipinski definition) is 8. The fourth-order valence-electron chi connectivity index (χ4n) is 4.06. The molecular weight excluding hydrogens is 464 g/mol. The smallest absolute Gasteiger partial charge is 0.408 e. The van der Waals surface area contributed by atoms with Crippen LogP contribution in [0, 0.1) is 5.92 Å². The summed E-state index contributed by atoms with van der Waals surface area (Å²) in [5.74, 6) is 0.187. The van der Waals surface area contributed by atoms with Gasteiger partial charge in [-0.05, 0) is 31.7 Å². The molecule has 0 saturated carbocycles. The van der Waals surface area contributed by atoms with Gasteiger partial charge in [0.1, 0.15) is 12.6 Å². The number of ketones is 1. The average Bonchev–Trinajstić information content (AvgIpc) is 3.41. The Labute approximate surface area is 211 Å². The molecule has 11 nitrogen and oxygen atoms in total. The minimum absolute atomic E-state index is 0.0130. The Bertz CT molecular complexity index is 930. The molecule has 4 N–H and O–H groups in total. The first kappa shape index (κ1) is 27.0. The number of carbonyl (C=O) groups excluding carboxylic acids is 4. The van der Waals surface area contributed by atoms with Gasteiger partial charge in [0.05, 0.1) is 6.54 Å². The van der Waals surface area contributed by atoms with Crippen molar-refractivity contribution in [3.05, 3.63) is 35.9 Å². The molecule has 0 bridgehead atoms. The van der Waals surface area contributed by atoms with E-state index in [2.05, 4.69) is 26.3 Å². The highest BCUT2D eigenvalue weighted by Gasteiger charge is 2.28. The third-order valence-electron chi connectivity index (χ3n) is 6.23. The van der Waals surface area contributed by atoms with E-state index in [4.69, 9.17) is 4.74 Å². The van der Waals surface area contributed by atoms with Crippen molar-refractivity contribution in [3.8, 4) is 0 Å². The molecule has 3 rings (SSSR count). The SMILES string of the molecule is CC(=O)[C@H](CNC(=O)C1CCN(C(=O)CCCNC2=NCCN2)CC1)NC(=O)OCc1ccccc1. The third-order valence-corrected chi connectivity index (χ3v) is 6.23. The second kappa shape index (κ2) is 14.1. The second-order valence-corrected chi connectivity index (χ2v) is 8.96. The highest BCUT2D eigenvalue weighted by Crippen LogP contribution is 2.18. The van der Waals surface area contributed by atoms with E-state index in [-0.39, 0.29) is 36.7 Å². The quantitative estimate of drug-likeness (QED) is 0.325. The number of rotatable bonds is 11. The average molecular weight is 501 g/mol. The van der Waals surface area contributed by atoms with Gasteiger partial charge in [0.15, 0.2) is 11.7 Å². The van der Waals surface area contributed by atoms with Gasteiger partial charge in [-0.1, -0.05) is 30.3 Å². The van der Waals surface area contributed by atoms with Crippen molar-refractivity contribution >= 4 is 29.7 Å². The lowest BCUT2D eigenvalue weighted by atomic mass is 9.95. The predicted octanol–water partition coefficient (Wildman–Crippen LogP) is 0.554. The molecule has 36 heavy (non-hydrogen) atoms. The zero-order chi connectivity index (χ0) is 25.8. The molecule has 0 aliphatic carbocycles. The lowest BCUT2D eigenvalue weighted by Crippen LogP contribution is -2.50. The number of hydrogen-bond donors (Lipinski definition) is 4. The minimum atomic E-state index is -0.877. The molecular formula is C25H36N6O5. The lowest BCUT2D eigenvalue weighted by molar-refractivity contribution is -0.135. The molecule has 2 aliphatic rings. The normalized spacial score (nSPS) is 16.4. The number of likely N-dealkylation sites (tertiary alicyclic amines) is 1. The molecule has 0 spiro atoms. The summed E-state index contributed by atoms with van der Waals surface area (Å²) < 4.78 is 5.16. The summed E-state index contributed by atoms with van der Waals surface area (Å²) in [5, 5.41) is 11.6. The lowest BCUT2D eigenvalue weighted by Gasteiger charge is -2.31. The summed E-state index contributed by atoms with van der Waals surface area (Å²) in [7, 11) is 0. The number of ether oxygens (including phenoxy) is 1. The zero-order valence-corrected chi connectivity index (χ0v) is 20.8. The van der Waals surface area contributed by atoms with E-state index < -0.39 is 12.1 Å². The Morgan fingerprint density at radius 1 is 1.17 bits per heavy atom. The molecule has 11 heteroatoms. The van der Waals surface area contributed by atoms with E-state index in [0.29, 0.717) is 45.3 Å². The fraction of sp³-hybridized carbons (Fsp3) is 0.560. The number of carbonyl (C=O) groups is 4. The Balaban J connectivity index is 1.32. The first-order valence-corrected chi connectivity index (χ1v) is 12.5. The Morgan fingerprint density at radius 3 is 2.58 bits per heavy atom. The summed E-state index contributed by atoms with van der Waals surface area (Å²) in [6, 6.07) is 8.33. The van der Waals surface area contributed by atoms with Crippen LogP contribution in [0.3, 0.4) is 0 Å². The number of benzene rings is 1. The van der Waals surface area contributed by atoms with Crippen LogP contribution in [-0.2, 0) is 25.7 Å². The predicted molar refractivity (Wildman–Crippen MR) is 134 cm³/mol. The van der Waals surface area contributed by atoms with Crippen molar-refractivity contribution in [2.24, 2.45) is 10.9 Å². The van der Waals surface area contributed by atoms with Gasteiger partial charge < -0.3 is 30.9 Å². The van der Waals surface area contributed by atoms with Crippen molar-refractivity contribution in [1.29, 1.82) is 0 Å². The van der Waals surface area contributed by atoms with Gasteiger partial charge in [-0.25, -0.2) is 4.79 Å². The molecule has 0 aromatic heterocycles. The standard InChI is InChI=1S/C25H36N6O5/c1-18(32)21(30-25(35)36-17-19-6-3-2-4-7-19)16-29-23(34)20-9-14-31(15-10-20)22(33)8-5-11-26-24-27-12-13-28-24/h2-4,6-7,20-21H,5,8-17H2,1H3,(H,29,34)(H,30,35)(H2,26,27,28)/t21-/m0/s1. The van der Waals surface area contributed by atoms with E-state index in [0.717, 1.165) is 24.6 Å². The summed E-state index contributed by atoms with van der Waals surface area (Å²) >= 11 is 0. The minimum Gasteiger partial charge on any atom is -0.445 e. The van der Waals surface area contributed by atoms with Gasteiger partial charge in [-0.2, -0.15) is 0 Å². The number of aliphatic imine (C=N–C) groups is 1. The summed E-state index contributed by atoms with van der Waals surface area (Å²) in [6.07, 6.45) is 1.57. The van der Waals surface area contributed by atoms with E-state index in [1.807, 2.05) is 30.3 Å². The Hall–Kier alpha value is -3.63. The molecule has 2 aliphatic heterocycles. The zero-order valence-electron chi connectivity index (χ0n) is 20.8. The van der Waals surface area contributed by atoms with Crippen LogP contribution in [0.15, 0.2) is 35.3 Å². The maximum absolute atomic E-state index is 12.6. The highest BCUT2D eigenvalue weighted by atomic mass is 16.5. The van der Waals surface area contributed by atoms with Crippen molar-refractivity contribution in [2.75, 3.05) is 39.3 Å². The van der Waals surface area contributed by atoms with Gasteiger partial charge in [0.25, 0.3) is 0 Å². The maximum atomic E-state index is 12.6. The van der Waals surface area contributed by atoms with Gasteiger partial charge in [0.2, 0.25) is 11.8 Å².